The molecule has 0 fully saturated rings. The van der Waals surface area contributed by atoms with E-state index in [-0.39, 0.29) is 62.4 Å². The molecule has 35 nitrogen and oxygen atoms in total. The van der Waals surface area contributed by atoms with Gasteiger partial charge in [0.15, 0.2) is 18.3 Å². The molecule has 0 heterocycles. The molecule has 0 rings (SSSR count). The normalized spacial score (nSPS) is 16.9. The molecule has 0 aliphatic rings. The molecule has 84 heavy (non-hydrogen) atoms. The second kappa shape index (κ2) is 46.0. The average Bonchev–Trinajstić information content (AvgIpc) is 3.52. The monoisotopic (exact) mass is 1220 g/mol. The minimum absolute atomic E-state index is 0.0253. The molecule has 0 aromatic heterocycles. The number of rotatable bonds is 36. The van der Waals surface area contributed by atoms with Crippen molar-refractivity contribution in [3.8, 4) is 0 Å². The van der Waals surface area contributed by atoms with Gasteiger partial charge in [0.25, 0.3) is 0 Å². The smallest absolute Gasteiger partial charge is 0.335 e. The summed E-state index contributed by atoms with van der Waals surface area (Å²) < 4.78 is 0. The van der Waals surface area contributed by atoms with E-state index in [0.717, 1.165) is 0 Å². The van der Waals surface area contributed by atoms with Crippen molar-refractivity contribution >= 4 is 65.2 Å². The molecule has 490 valence electrons. The Morgan fingerprint density at radius 1 is 0.321 bits per heavy atom. The number of carbonyl (C=O) groups excluding carboxylic acids is 8. The van der Waals surface area contributed by atoms with Crippen LogP contribution in [0.25, 0.3) is 0 Å². The van der Waals surface area contributed by atoms with Crippen LogP contribution in [0.15, 0.2) is 0 Å². The highest BCUT2D eigenvalue weighted by atomic mass is 16.4. The Balaban J connectivity index is -0.000000511. The number of carboxylic acid groups (broad SMARTS) is 3. The number of hydrogen-bond acceptors (Lipinski definition) is 24. The van der Waals surface area contributed by atoms with Gasteiger partial charge in [0.05, 0.1) is 31.0 Å². The molecule has 0 saturated heterocycles. The van der Waals surface area contributed by atoms with Gasteiger partial charge in [-0.15, -0.1) is 0 Å². The molecule has 0 bridgehead atoms. The summed E-state index contributed by atoms with van der Waals surface area (Å²) in [4.78, 5) is 123. The molecule has 17 atom stereocenters. The second-order valence-corrected chi connectivity index (χ2v) is 18.7. The fourth-order valence-corrected chi connectivity index (χ4v) is 6.64. The van der Waals surface area contributed by atoms with Gasteiger partial charge in [-0.05, 0) is 32.6 Å². The lowest BCUT2D eigenvalue weighted by Crippen LogP contribution is -2.51. The molecule has 0 radical (unpaired) electrons. The number of carboxylic acids is 3. The van der Waals surface area contributed by atoms with Gasteiger partial charge in [-0.1, -0.05) is 27.7 Å². The third-order valence-electron chi connectivity index (χ3n) is 12.3. The molecule has 7 unspecified atom stereocenters. The first-order valence-electron chi connectivity index (χ1n) is 26.4. The van der Waals surface area contributed by atoms with E-state index in [4.69, 9.17) is 35.7 Å². The number of carbonyl (C=O) groups is 11. The third kappa shape index (κ3) is 35.1. The van der Waals surface area contributed by atoms with Crippen LogP contribution in [0.2, 0.25) is 0 Å². The van der Waals surface area contributed by atoms with Crippen molar-refractivity contribution in [2.75, 3.05) is 54.4 Å². The van der Waals surface area contributed by atoms with E-state index in [1.165, 1.54) is 35.1 Å². The SMILES string of the molecule is CCC(CC(=O)NCC(O)C(=O)O)C(=O)NC.CCC(CC(=O)NCC(O)C(O)C(O)C(O)C(=O)O)C(=O)NC.CC[C@@H](CC(=O)NC[C@H](O)[C@@H](O)[C@H](O)[C@H](O)C(=O)O)C(=O)NC.CC[C@H](CC(=O)NC[C@H](O)[C@@H](O)[C@H](O)[C@@H](C)O)C(=O)NC. The summed E-state index contributed by atoms with van der Waals surface area (Å²) in [6, 6.07) is 0. The predicted octanol–water partition coefficient (Wildman–Crippen LogP) is -9.98. The van der Waals surface area contributed by atoms with E-state index in [1.807, 2.05) is 0 Å². The van der Waals surface area contributed by atoms with Crippen LogP contribution in [-0.4, -0.2) is 281 Å². The van der Waals surface area contributed by atoms with Crippen LogP contribution < -0.4 is 42.5 Å². The zero-order valence-corrected chi connectivity index (χ0v) is 48.4. The van der Waals surface area contributed by atoms with Gasteiger partial charge in [-0.2, -0.15) is 0 Å². The summed E-state index contributed by atoms with van der Waals surface area (Å²) >= 11 is 0. The van der Waals surface area contributed by atoms with E-state index >= 15 is 0 Å². The fraction of sp³-hybridized carbons (Fsp3) is 0.776. The minimum atomic E-state index is -2.27. The molecule has 0 saturated carbocycles. The first-order chi connectivity index (χ1) is 39.0. The van der Waals surface area contributed by atoms with Gasteiger partial charge in [0.2, 0.25) is 47.3 Å². The van der Waals surface area contributed by atoms with Crippen molar-refractivity contribution < 1.29 is 134 Å². The summed E-state index contributed by atoms with van der Waals surface area (Å²) in [5.41, 5.74) is 0. The van der Waals surface area contributed by atoms with Crippen molar-refractivity contribution in [2.45, 2.75) is 165 Å². The average molecular weight is 1230 g/mol. The Morgan fingerprint density at radius 2 is 0.536 bits per heavy atom. The molecule has 24 N–H and O–H groups in total. The number of aliphatic carboxylic acids is 3. The molecule has 0 aromatic carbocycles. The van der Waals surface area contributed by atoms with Crippen molar-refractivity contribution in [3.05, 3.63) is 0 Å². The maximum Gasteiger partial charge on any atom is 0.335 e. The summed E-state index contributed by atoms with van der Waals surface area (Å²) in [5.74, 6) is -9.99. The van der Waals surface area contributed by atoms with E-state index in [2.05, 4.69) is 42.5 Å². The Kier molecular flexibility index (Phi) is 46.1. The fourth-order valence-electron chi connectivity index (χ4n) is 6.64. The Bertz CT molecular complexity index is 1930. The van der Waals surface area contributed by atoms with Gasteiger partial charge in [0.1, 0.15) is 36.6 Å². The van der Waals surface area contributed by atoms with Gasteiger partial charge < -0.3 is 124 Å². The van der Waals surface area contributed by atoms with Crippen LogP contribution in [0.3, 0.4) is 0 Å². The van der Waals surface area contributed by atoms with Crippen LogP contribution in [0, 0.1) is 23.7 Å². The maximum absolute atomic E-state index is 11.7. The standard InChI is InChI=1S/2C13H24N2O8.C13H26N2O6.C10H18N2O5/c2*1-3-6(12(21)14-2)4-8(17)15-5-7(16)9(18)10(19)11(20)13(22)23;1-4-8(13(21)14-3)5-10(18)15-6-9(17)12(20)11(19)7(2)16;1-3-6(9(15)11-2)4-8(14)12-5-7(13)10(16)17/h2*6-7,9-11,16,18-20H,3-5H2,1-2H3,(H,14,21)(H,15,17)(H,22,23);7-9,11-12,16-17,19-20H,4-6H2,1-3H3,(H,14,21)(H,15,18);6-7,13H,3-5H2,1-2H3,(H,11,15)(H,12,14)(H,16,17)/t6-,7-,9+,10-,11-;;7-,8-,9+,11-,12-;/m0.1./s1. The van der Waals surface area contributed by atoms with Crippen LogP contribution in [-0.2, 0) is 52.7 Å². The van der Waals surface area contributed by atoms with Crippen molar-refractivity contribution in [1.82, 2.24) is 42.5 Å². The molecule has 0 aromatic rings. The van der Waals surface area contributed by atoms with Gasteiger partial charge in [-0.3, -0.25) is 38.4 Å². The van der Waals surface area contributed by atoms with Crippen molar-refractivity contribution in [3.63, 3.8) is 0 Å². The van der Waals surface area contributed by atoms with E-state index in [9.17, 15) is 98.7 Å². The topological polar surface area (TPSA) is 608 Å². The molecule has 0 spiro atoms. The number of aliphatic hydroxyl groups excluding tert-OH is 13. The summed E-state index contributed by atoms with van der Waals surface area (Å²) in [5, 5.41) is 166. The number of hydrogen-bond donors (Lipinski definition) is 24. The second-order valence-electron chi connectivity index (χ2n) is 18.7. The molecule has 0 aliphatic heterocycles. The Morgan fingerprint density at radius 3 is 0.714 bits per heavy atom. The number of aliphatic hydroxyl groups is 13. The number of amides is 8. The molecule has 0 aliphatic carbocycles. The van der Waals surface area contributed by atoms with E-state index in [0.29, 0.717) is 25.7 Å². The largest absolute Gasteiger partial charge is 0.479 e. The highest BCUT2D eigenvalue weighted by Crippen LogP contribution is 2.13. The minimum Gasteiger partial charge on any atom is -0.479 e. The zero-order chi connectivity index (χ0) is 66.3. The Labute approximate surface area is 484 Å². The van der Waals surface area contributed by atoms with Crippen LogP contribution in [0.5, 0.6) is 0 Å². The van der Waals surface area contributed by atoms with Gasteiger partial charge in [0, 0.05) is 97.2 Å². The quantitative estimate of drug-likeness (QED) is 0.0277. The lowest BCUT2D eigenvalue weighted by atomic mass is 10.0. The first-order valence-corrected chi connectivity index (χ1v) is 26.4. The van der Waals surface area contributed by atoms with E-state index < -0.39 is 158 Å². The van der Waals surface area contributed by atoms with Crippen LogP contribution >= 0.6 is 0 Å². The predicted molar refractivity (Wildman–Crippen MR) is 289 cm³/mol. The molecular weight excluding hydrogens is 1130 g/mol. The van der Waals surface area contributed by atoms with Crippen molar-refractivity contribution in [2.24, 2.45) is 23.7 Å². The first kappa shape index (κ1) is 84.1. The van der Waals surface area contributed by atoms with Crippen molar-refractivity contribution in [1.29, 1.82) is 0 Å². The van der Waals surface area contributed by atoms with E-state index in [1.54, 1.807) is 27.7 Å². The lowest BCUT2D eigenvalue weighted by molar-refractivity contribution is -0.163. The zero-order valence-electron chi connectivity index (χ0n) is 48.4. The lowest BCUT2D eigenvalue weighted by Gasteiger charge is -2.25. The van der Waals surface area contributed by atoms with Gasteiger partial charge >= 0.3 is 17.9 Å². The highest BCUT2D eigenvalue weighted by molar-refractivity contribution is 5.88. The maximum atomic E-state index is 11.7. The van der Waals surface area contributed by atoms with Gasteiger partial charge in [-0.25, -0.2) is 14.4 Å². The molecular formula is C49H92N8O27. The highest BCUT2D eigenvalue weighted by Gasteiger charge is 2.36. The summed E-state index contributed by atoms with van der Waals surface area (Å²) in [6.45, 7) is 6.69. The van der Waals surface area contributed by atoms with Crippen LogP contribution in [0.4, 0.5) is 0 Å². The molecule has 8 amide bonds. The number of nitrogens with one attached hydrogen (secondary N) is 8. The summed E-state index contributed by atoms with van der Waals surface area (Å²) in [7, 11) is 5.86. The van der Waals surface area contributed by atoms with Crippen LogP contribution in [0.1, 0.15) is 86.0 Å². The Hall–Kier alpha value is -6.35. The molecule has 35 heteroatoms. The third-order valence-corrected chi connectivity index (χ3v) is 12.3. The summed E-state index contributed by atoms with van der Waals surface area (Å²) in [6.07, 6.45) is -21.9.